The zero-order chi connectivity index (χ0) is 27.2. The van der Waals surface area contributed by atoms with Gasteiger partial charge in [0.2, 0.25) is 5.91 Å². The molecule has 0 aliphatic heterocycles. The van der Waals surface area contributed by atoms with Crippen molar-refractivity contribution in [3.63, 3.8) is 0 Å². The average molecular weight is 513 g/mol. The monoisotopic (exact) mass is 512 g/mol. The second-order valence-corrected chi connectivity index (χ2v) is 9.44. The van der Waals surface area contributed by atoms with Crippen molar-refractivity contribution in [3.05, 3.63) is 124 Å². The summed E-state index contributed by atoms with van der Waals surface area (Å²) in [5.41, 5.74) is 14.9. The van der Waals surface area contributed by atoms with Crippen LogP contribution >= 0.6 is 12.6 Å². The van der Waals surface area contributed by atoms with E-state index in [2.05, 4.69) is 70.4 Å². The van der Waals surface area contributed by atoms with Gasteiger partial charge in [-0.3, -0.25) is 4.79 Å². The number of hydrogen-bond acceptors (Lipinski definition) is 3. The molecule has 3 nitrogen and oxygen atoms in total. The number of carbonyl (C=O) groups is 1. The molecule has 3 rings (SSSR count). The standard InChI is InChI=1S/C20H29NS.C13H11NO/c1-6-7-8-9-16(3)20(12-13-22)21-18(5)19-11-10-15(2)17(4)14-19;14-13(15)12-9-5-4-8-11(12)10-6-2-1-3-7-10/h10-14,21-22H,5-9H2,1-4H3;1-9H,(H2,14,15)/b13-12-,20-16-;. The van der Waals surface area contributed by atoms with E-state index in [1.165, 1.54) is 36.0 Å². The molecule has 0 radical (unpaired) electrons. The van der Waals surface area contributed by atoms with Crippen LogP contribution < -0.4 is 11.1 Å². The Bertz CT molecular complexity index is 1240. The summed E-state index contributed by atoms with van der Waals surface area (Å²) in [4.78, 5) is 11.2. The minimum Gasteiger partial charge on any atom is -0.366 e. The molecule has 0 atom stereocenters. The minimum absolute atomic E-state index is 0.394. The normalized spacial score (nSPS) is 11.4. The molecule has 0 saturated carbocycles. The summed E-state index contributed by atoms with van der Waals surface area (Å²) in [6.45, 7) is 12.9. The quantitative estimate of drug-likeness (QED) is 0.145. The number of amides is 1. The fraction of sp³-hybridized carbons (Fsp3) is 0.242. The Morgan fingerprint density at radius 3 is 2.27 bits per heavy atom. The van der Waals surface area contributed by atoms with Crippen LogP contribution in [0, 0.1) is 13.8 Å². The molecule has 0 spiro atoms. The second kappa shape index (κ2) is 15.6. The molecular formula is C33H40N2OS. The highest BCUT2D eigenvalue weighted by molar-refractivity contribution is 7.83. The van der Waals surface area contributed by atoms with Crippen molar-refractivity contribution in [2.24, 2.45) is 5.73 Å². The van der Waals surface area contributed by atoms with Crippen molar-refractivity contribution in [3.8, 4) is 11.1 Å². The number of aryl methyl sites for hydroxylation is 2. The first kappa shape index (κ1) is 29.7. The van der Waals surface area contributed by atoms with Crippen LogP contribution in [-0.4, -0.2) is 5.91 Å². The van der Waals surface area contributed by atoms with E-state index >= 15 is 0 Å². The predicted molar refractivity (Wildman–Crippen MR) is 163 cm³/mol. The van der Waals surface area contributed by atoms with E-state index in [0.29, 0.717) is 5.56 Å². The molecule has 0 fully saturated rings. The zero-order valence-electron chi connectivity index (χ0n) is 22.6. The summed E-state index contributed by atoms with van der Waals surface area (Å²) in [6, 6.07) is 23.5. The van der Waals surface area contributed by atoms with Crippen molar-refractivity contribution in [2.75, 3.05) is 0 Å². The van der Waals surface area contributed by atoms with E-state index < -0.39 is 5.91 Å². The van der Waals surface area contributed by atoms with Crippen molar-refractivity contribution in [2.45, 2.75) is 53.4 Å². The first-order chi connectivity index (χ1) is 17.8. The Labute approximate surface area is 228 Å². The zero-order valence-corrected chi connectivity index (χ0v) is 23.4. The van der Waals surface area contributed by atoms with Gasteiger partial charge < -0.3 is 11.1 Å². The minimum atomic E-state index is -0.394. The third kappa shape index (κ3) is 9.47. The lowest BCUT2D eigenvalue weighted by Gasteiger charge is -2.15. The third-order valence-corrected chi connectivity index (χ3v) is 6.42. The van der Waals surface area contributed by atoms with Crippen LogP contribution in [0.5, 0.6) is 0 Å². The van der Waals surface area contributed by atoms with Crippen LogP contribution in [0.15, 0.2) is 102 Å². The lowest BCUT2D eigenvalue weighted by Crippen LogP contribution is -2.12. The first-order valence-electron chi connectivity index (χ1n) is 12.8. The molecule has 194 valence electrons. The number of nitrogens with one attached hydrogen (secondary N) is 1. The van der Waals surface area contributed by atoms with E-state index in [-0.39, 0.29) is 0 Å². The van der Waals surface area contributed by atoms with Crippen LogP contribution in [0.2, 0.25) is 0 Å². The van der Waals surface area contributed by atoms with Gasteiger partial charge in [-0.15, -0.1) is 0 Å². The van der Waals surface area contributed by atoms with Gasteiger partial charge in [-0.1, -0.05) is 87.0 Å². The summed E-state index contributed by atoms with van der Waals surface area (Å²) < 4.78 is 0. The number of nitrogens with two attached hydrogens (primary N) is 1. The van der Waals surface area contributed by atoms with Crippen LogP contribution in [0.25, 0.3) is 16.8 Å². The summed E-state index contributed by atoms with van der Waals surface area (Å²) >= 11 is 4.22. The smallest absolute Gasteiger partial charge is 0.249 e. The summed E-state index contributed by atoms with van der Waals surface area (Å²) in [5.74, 6) is -0.394. The molecule has 4 heteroatoms. The summed E-state index contributed by atoms with van der Waals surface area (Å²) in [7, 11) is 0. The maximum atomic E-state index is 11.2. The first-order valence-corrected chi connectivity index (χ1v) is 13.3. The van der Waals surface area contributed by atoms with Crippen LogP contribution in [0.1, 0.15) is 66.6 Å². The Balaban J connectivity index is 0.000000278. The largest absolute Gasteiger partial charge is 0.366 e. The van der Waals surface area contributed by atoms with Gasteiger partial charge in [-0.2, -0.15) is 12.6 Å². The highest BCUT2D eigenvalue weighted by Gasteiger charge is 2.08. The highest BCUT2D eigenvalue weighted by Crippen LogP contribution is 2.23. The van der Waals surface area contributed by atoms with Gasteiger partial charge in [-0.05, 0) is 90.6 Å². The van der Waals surface area contributed by atoms with Gasteiger partial charge in [0, 0.05) is 17.0 Å². The molecule has 0 aromatic heterocycles. The number of primary amides is 1. The fourth-order valence-corrected chi connectivity index (χ4v) is 4.02. The summed E-state index contributed by atoms with van der Waals surface area (Å²) in [5, 5.41) is 5.23. The molecule has 0 unspecified atom stereocenters. The van der Waals surface area contributed by atoms with E-state index in [1.54, 1.807) is 11.5 Å². The number of benzene rings is 3. The maximum absolute atomic E-state index is 11.2. The second-order valence-electron chi connectivity index (χ2n) is 9.15. The number of carbonyl (C=O) groups excluding carboxylic acids is 1. The van der Waals surface area contributed by atoms with Gasteiger partial charge in [0.1, 0.15) is 0 Å². The Hall–Kier alpha value is -3.50. The number of thiol groups is 1. The number of allylic oxidation sites excluding steroid dienone is 2. The predicted octanol–water partition coefficient (Wildman–Crippen LogP) is 8.61. The van der Waals surface area contributed by atoms with Gasteiger partial charge in [-0.25, -0.2) is 0 Å². The number of unbranched alkanes of at least 4 members (excludes halogenated alkanes) is 2. The van der Waals surface area contributed by atoms with Gasteiger partial charge in [0.15, 0.2) is 0 Å². The molecule has 0 aliphatic rings. The molecule has 0 bridgehead atoms. The molecule has 0 aliphatic carbocycles. The Kier molecular flexibility index (Phi) is 12.5. The van der Waals surface area contributed by atoms with Crippen LogP contribution in [0.4, 0.5) is 0 Å². The van der Waals surface area contributed by atoms with Crippen LogP contribution in [0.3, 0.4) is 0 Å². The molecular weight excluding hydrogens is 472 g/mol. The molecule has 0 heterocycles. The van der Waals surface area contributed by atoms with Gasteiger partial charge >= 0.3 is 0 Å². The van der Waals surface area contributed by atoms with E-state index in [0.717, 1.165) is 34.5 Å². The average Bonchev–Trinajstić information content (AvgIpc) is 2.91. The van der Waals surface area contributed by atoms with E-state index in [1.807, 2.05) is 54.6 Å². The lowest BCUT2D eigenvalue weighted by molar-refractivity contribution is 0.100. The maximum Gasteiger partial charge on any atom is 0.249 e. The molecule has 1 amide bonds. The lowest BCUT2D eigenvalue weighted by atomic mass is 9.99. The van der Waals surface area contributed by atoms with Crippen LogP contribution in [-0.2, 0) is 0 Å². The Morgan fingerprint density at radius 1 is 0.973 bits per heavy atom. The van der Waals surface area contributed by atoms with Gasteiger partial charge in [0.05, 0.1) is 0 Å². The molecule has 0 saturated heterocycles. The topological polar surface area (TPSA) is 55.1 Å². The van der Waals surface area contributed by atoms with Crippen molar-refractivity contribution < 1.29 is 4.79 Å². The van der Waals surface area contributed by atoms with Crippen molar-refractivity contribution >= 4 is 24.2 Å². The fourth-order valence-electron chi connectivity index (χ4n) is 3.87. The van der Waals surface area contributed by atoms with Crippen molar-refractivity contribution in [1.29, 1.82) is 0 Å². The SMILES string of the molecule is C=C(NC(/C=C\S)=C(/C)CCCCC)c1ccc(C)c(C)c1.NC(=O)c1ccccc1-c1ccccc1. The number of hydrogen-bond donors (Lipinski definition) is 3. The van der Waals surface area contributed by atoms with Gasteiger partial charge in [0.25, 0.3) is 0 Å². The van der Waals surface area contributed by atoms with E-state index in [4.69, 9.17) is 5.73 Å². The van der Waals surface area contributed by atoms with Crippen molar-refractivity contribution in [1.82, 2.24) is 5.32 Å². The molecule has 3 N–H and O–H groups in total. The molecule has 3 aromatic rings. The highest BCUT2D eigenvalue weighted by atomic mass is 32.1. The number of rotatable bonds is 10. The molecule has 37 heavy (non-hydrogen) atoms. The third-order valence-electron chi connectivity index (χ3n) is 6.27. The molecule has 3 aromatic carbocycles. The summed E-state index contributed by atoms with van der Waals surface area (Å²) in [6.07, 6.45) is 6.86. The Morgan fingerprint density at radius 2 is 1.65 bits per heavy atom. The van der Waals surface area contributed by atoms with E-state index in [9.17, 15) is 4.79 Å².